The lowest BCUT2D eigenvalue weighted by Gasteiger charge is -2.34. The largest absolute Gasteiger partial charge is 0.493 e. The minimum atomic E-state index is -0.348. The number of Topliss-reactive ketones (excluding diaryl/α,β-unsaturated/α-hetero) is 1. The zero-order valence-corrected chi connectivity index (χ0v) is 15.9. The summed E-state index contributed by atoms with van der Waals surface area (Å²) in [4.78, 5) is 38.4. The maximum absolute atomic E-state index is 12.3. The molecule has 0 aromatic heterocycles. The average molecular weight is 377 g/mol. The number of carbonyl (C=O) groups excluding carboxylic acids is 3. The van der Waals surface area contributed by atoms with Crippen LogP contribution >= 0.6 is 0 Å². The normalized spacial score (nSPS) is 14.7. The Hall–Kier alpha value is -2.61. The van der Waals surface area contributed by atoms with Crippen molar-refractivity contribution in [1.82, 2.24) is 9.80 Å². The van der Waals surface area contributed by atoms with Gasteiger partial charge in [-0.1, -0.05) is 0 Å². The number of hydrogen-bond donors (Lipinski definition) is 1. The fraction of sp³-hybridized carbons (Fsp3) is 0.526. The first kappa shape index (κ1) is 20.7. The molecule has 8 nitrogen and oxygen atoms in total. The molecule has 2 amide bonds. The summed E-state index contributed by atoms with van der Waals surface area (Å²) in [6, 6.07) is 5.04. The smallest absolute Gasteiger partial charge is 0.231 e. The SMILES string of the molecule is COc1cc(C(C)=O)ccc1OCCCC(=O)N1CCN(CC(N)=O)CC1. The van der Waals surface area contributed by atoms with Crippen LogP contribution in [0.3, 0.4) is 0 Å². The van der Waals surface area contributed by atoms with E-state index in [0.29, 0.717) is 62.7 Å². The van der Waals surface area contributed by atoms with Crippen LogP contribution in [0.4, 0.5) is 0 Å². The Morgan fingerprint density at radius 1 is 1.11 bits per heavy atom. The minimum absolute atomic E-state index is 0.0404. The molecule has 0 aliphatic carbocycles. The molecule has 0 radical (unpaired) electrons. The molecule has 1 aromatic rings. The highest BCUT2D eigenvalue weighted by Gasteiger charge is 2.21. The van der Waals surface area contributed by atoms with E-state index < -0.39 is 0 Å². The minimum Gasteiger partial charge on any atom is -0.493 e. The van der Waals surface area contributed by atoms with Crippen LogP contribution in [0.1, 0.15) is 30.1 Å². The van der Waals surface area contributed by atoms with E-state index >= 15 is 0 Å². The van der Waals surface area contributed by atoms with E-state index in [4.69, 9.17) is 15.2 Å². The summed E-state index contributed by atoms with van der Waals surface area (Å²) in [5.41, 5.74) is 5.75. The Bertz CT molecular complexity index is 684. The predicted molar refractivity (Wildman–Crippen MR) is 99.9 cm³/mol. The van der Waals surface area contributed by atoms with Crippen molar-refractivity contribution in [3.63, 3.8) is 0 Å². The van der Waals surface area contributed by atoms with Crippen molar-refractivity contribution in [2.24, 2.45) is 5.73 Å². The molecule has 2 N–H and O–H groups in total. The second-order valence-corrected chi connectivity index (χ2v) is 6.50. The van der Waals surface area contributed by atoms with Crippen molar-refractivity contribution < 1.29 is 23.9 Å². The second-order valence-electron chi connectivity index (χ2n) is 6.50. The van der Waals surface area contributed by atoms with E-state index in [9.17, 15) is 14.4 Å². The summed E-state index contributed by atoms with van der Waals surface area (Å²) >= 11 is 0. The van der Waals surface area contributed by atoms with Crippen LogP contribution in [0.15, 0.2) is 18.2 Å². The molecule has 0 spiro atoms. The molecule has 1 aliphatic rings. The zero-order chi connectivity index (χ0) is 19.8. The number of amides is 2. The van der Waals surface area contributed by atoms with Gasteiger partial charge in [0.25, 0.3) is 0 Å². The summed E-state index contributed by atoms with van der Waals surface area (Å²) in [5, 5.41) is 0. The molecule has 27 heavy (non-hydrogen) atoms. The number of nitrogens with zero attached hydrogens (tertiary/aromatic N) is 2. The number of benzene rings is 1. The zero-order valence-electron chi connectivity index (χ0n) is 15.9. The summed E-state index contributed by atoms with van der Waals surface area (Å²) < 4.78 is 11.0. The Kier molecular flexibility index (Phi) is 7.60. The van der Waals surface area contributed by atoms with Gasteiger partial charge >= 0.3 is 0 Å². The summed E-state index contributed by atoms with van der Waals surface area (Å²) in [7, 11) is 1.52. The van der Waals surface area contributed by atoms with Gasteiger partial charge in [-0.15, -0.1) is 0 Å². The van der Waals surface area contributed by atoms with Crippen molar-refractivity contribution in [1.29, 1.82) is 0 Å². The molecule has 0 saturated carbocycles. The number of methoxy groups -OCH3 is 1. The lowest BCUT2D eigenvalue weighted by molar-refractivity contribution is -0.133. The topological polar surface area (TPSA) is 102 Å². The van der Waals surface area contributed by atoms with Gasteiger partial charge in [-0.2, -0.15) is 0 Å². The molecule has 8 heteroatoms. The standard InChI is InChI=1S/C19H27N3O5/c1-14(23)15-5-6-16(17(12-15)26-2)27-11-3-4-19(25)22-9-7-21(8-10-22)13-18(20)24/h5-6,12H,3-4,7-11,13H2,1-2H3,(H2,20,24). The van der Waals surface area contributed by atoms with Gasteiger partial charge in [0.2, 0.25) is 11.8 Å². The number of nitrogens with two attached hydrogens (primary N) is 1. The monoisotopic (exact) mass is 377 g/mol. The fourth-order valence-corrected chi connectivity index (χ4v) is 2.95. The van der Waals surface area contributed by atoms with Crippen molar-refractivity contribution >= 4 is 17.6 Å². The third kappa shape index (κ3) is 6.25. The number of hydrogen-bond acceptors (Lipinski definition) is 6. The number of ether oxygens (including phenoxy) is 2. The van der Waals surface area contributed by atoms with Crippen molar-refractivity contribution in [2.45, 2.75) is 19.8 Å². The molecule has 2 rings (SSSR count). The van der Waals surface area contributed by atoms with Crippen LogP contribution in [0.2, 0.25) is 0 Å². The fourth-order valence-electron chi connectivity index (χ4n) is 2.95. The lowest BCUT2D eigenvalue weighted by Crippen LogP contribution is -2.50. The number of ketones is 1. The highest BCUT2D eigenvalue weighted by atomic mass is 16.5. The summed E-state index contributed by atoms with van der Waals surface area (Å²) in [5.74, 6) is 0.742. The van der Waals surface area contributed by atoms with Crippen LogP contribution in [-0.2, 0) is 9.59 Å². The molecule has 148 valence electrons. The molecule has 1 aromatic carbocycles. The molecule has 1 fully saturated rings. The Morgan fingerprint density at radius 3 is 2.41 bits per heavy atom. The van der Waals surface area contributed by atoms with Gasteiger partial charge in [0.1, 0.15) is 0 Å². The average Bonchev–Trinajstić information content (AvgIpc) is 2.65. The van der Waals surface area contributed by atoms with E-state index in [-0.39, 0.29) is 24.1 Å². The number of piperazine rings is 1. The van der Waals surface area contributed by atoms with Crippen LogP contribution in [0, 0.1) is 0 Å². The summed E-state index contributed by atoms with van der Waals surface area (Å²) in [6.07, 6.45) is 0.974. The van der Waals surface area contributed by atoms with Gasteiger partial charge in [0.15, 0.2) is 17.3 Å². The first-order valence-electron chi connectivity index (χ1n) is 9.01. The van der Waals surface area contributed by atoms with Crippen LogP contribution in [0.5, 0.6) is 11.5 Å². The van der Waals surface area contributed by atoms with Gasteiger partial charge in [0.05, 0.1) is 20.3 Å². The maximum atomic E-state index is 12.3. The molecule has 1 saturated heterocycles. The third-order valence-electron chi connectivity index (χ3n) is 4.47. The molecule has 0 unspecified atom stereocenters. The maximum Gasteiger partial charge on any atom is 0.231 e. The Balaban J connectivity index is 1.73. The highest BCUT2D eigenvalue weighted by molar-refractivity contribution is 5.94. The first-order valence-corrected chi connectivity index (χ1v) is 9.01. The van der Waals surface area contributed by atoms with Crippen LogP contribution in [-0.4, -0.2) is 73.8 Å². The predicted octanol–water partition coefficient (Wildman–Crippen LogP) is 0.686. The molecule has 0 atom stereocenters. The molecule has 1 aliphatic heterocycles. The summed E-state index contributed by atoms with van der Waals surface area (Å²) in [6.45, 7) is 4.63. The molecular weight excluding hydrogens is 350 g/mol. The molecule has 1 heterocycles. The van der Waals surface area contributed by atoms with E-state index in [0.717, 1.165) is 0 Å². The van der Waals surface area contributed by atoms with Gasteiger partial charge in [-0.25, -0.2) is 0 Å². The van der Waals surface area contributed by atoms with E-state index in [1.54, 1.807) is 23.1 Å². The van der Waals surface area contributed by atoms with Gasteiger partial charge in [0, 0.05) is 38.2 Å². The Morgan fingerprint density at radius 2 is 1.81 bits per heavy atom. The van der Waals surface area contributed by atoms with Gasteiger partial charge in [-0.05, 0) is 31.5 Å². The van der Waals surface area contributed by atoms with E-state index in [1.165, 1.54) is 14.0 Å². The van der Waals surface area contributed by atoms with Crippen molar-refractivity contribution in [2.75, 3.05) is 46.4 Å². The van der Waals surface area contributed by atoms with Crippen molar-refractivity contribution in [3.8, 4) is 11.5 Å². The van der Waals surface area contributed by atoms with E-state index in [2.05, 4.69) is 0 Å². The number of carbonyl (C=O) groups is 3. The third-order valence-corrected chi connectivity index (χ3v) is 4.47. The van der Waals surface area contributed by atoms with Crippen LogP contribution in [0.25, 0.3) is 0 Å². The second kappa shape index (κ2) is 9.91. The first-order chi connectivity index (χ1) is 12.9. The van der Waals surface area contributed by atoms with Crippen LogP contribution < -0.4 is 15.2 Å². The number of primary amides is 1. The van der Waals surface area contributed by atoms with Gasteiger partial charge < -0.3 is 20.1 Å². The quantitative estimate of drug-likeness (QED) is 0.502. The van der Waals surface area contributed by atoms with Crippen molar-refractivity contribution in [3.05, 3.63) is 23.8 Å². The number of rotatable bonds is 9. The molecule has 0 bridgehead atoms. The molecular formula is C19H27N3O5. The van der Waals surface area contributed by atoms with Gasteiger partial charge in [-0.3, -0.25) is 19.3 Å². The highest BCUT2D eigenvalue weighted by Crippen LogP contribution is 2.28. The van der Waals surface area contributed by atoms with E-state index in [1.807, 2.05) is 4.90 Å². The lowest BCUT2D eigenvalue weighted by atomic mass is 10.1. The Labute approximate surface area is 159 Å².